The largest absolute Gasteiger partial charge is 0.412 e. The zero-order valence-electron chi connectivity index (χ0n) is 13.1. The molecule has 2 aromatic carbocycles. The van der Waals surface area contributed by atoms with Crippen molar-refractivity contribution in [2.24, 2.45) is 0 Å². The molecule has 0 N–H and O–H groups in total. The number of aryl methyl sites for hydroxylation is 3. The second kappa shape index (κ2) is 6.47. The maximum Gasteiger partial charge on any atom is 0.412 e. The topological polar surface area (TPSA) is 52.6 Å². The molecule has 1 unspecified atom stereocenters. The monoisotopic (exact) mass is 318 g/mol. The first-order valence-electron chi connectivity index (χ1n) is 6.90. The molecule has 22 heavy (non-hydrogen) atoms. The number of carbonyl (C=O) groups excluding carboxylic acids is 1. The molecule has 2 rings (SSSR count). The van der Waals surface area contributed by atoms with Gasteiger partial charge in [-0.15, -0.1) is 0 Å². The molecule has 0 radical (unpaired) electrons. The fourth-order valence-corrected chi connectivity index (χ4v) is 3.70. The SMILES string of the molecule is COP(=O)(OC(=O)c1c(C)cc(C)cc1C)c1ccccc1. The highest BCUT2D eigenvalue weighted by atomic mass is 31.2. The summed E-state index contributed by atoms with van der Waals surface area (Å²) in [6.07, 6.45) is 0. The molecule has 0 heterocycles. The molecule has 0 amide bonds. The Morgan fingerprint density at radius 2 is 1.55 bits per heavy atom. The van der Waals surface area contributed by atoms with Crippen LogP contribution in [0.25, 0.3) is 0 Å². The zero-order chi connectivity index (χ0) is 16.3. The van der Waals surface area contributed by atoms with Crippen molar-refractivity contribution >= 4 is 18.9 Å². The number of rotatable bonds is 4. The summed E-state index contributed by atoms with van der Waals surface area (Å²) in [7, 11) is -2.40. The molecular weight excluding hydrogens is 299 g/mol. The summed E-state index contributed by atoms with van der Waals surface area (Å²) in [6, 6.07) is 12.3. The van der Waals surface area contributed by atoms with Crippen molar-refractivity contribution in [3.05, 3.63) is 64.7 Å². The van der Waals surface area contributed by atoms with Crippen LogP contribution in [0.15, 0.2) is 42.5 Å². The van der Waals surface area contributed by atoms with Gasteiger partial charge in [-0.2, -0.15) is 0 Å². The van der Waals surface area contributed by atoms with Gasteiger partial charge in [0, 0.05) is 7.11 Å². The van der Waals surface area contributed by atoms with Gasteiger partial charge in [-0.25, -0.2) is 9.36 Å². The van der Waals surface area contributed by atoms with E-state index in [0.29, 0.717) is 10.9 Å². The molecule has 0 saturated carbocycles. The summed E-state index contributed by atoms with van der Waals surface area (Å²) in [4.78, 5) is 12.5. The van der Waals surface area contributed by atoms with Crippen LogP contribution in [0.1, 0.15) is 27.0 Å². The van der Waals surface area contributed by atoms with Crippen molar-refractivity contribution in [3.63, 3.8) is 0 Å². The second-order valence-corrected chi connectivity index (χ2v) is 7.23. The van der Waals surface area contributed by atoms with Gasteiger partial charge in [0.05, 0.1) is 10.9 Å². The Morgan fingerprint density at radius 1 is 1.00 bits per heavy atom. The van der Waals surface area contributed by atoms with Gasteiger partial charge in [0.15, 0.2) is 0 Å². The first-order valence-corrected chi connectivity index (χ1v) is 8.45. The van der Waals surface area contributed by atoms with Crippen LogP contribution in [-0.2, 0) is 13.6 Å². The molecule has 2 aromatic rings. The summed E-state index contributed by atoms with van der Waals surface area (Å²) in [5.74, 6) is -0.635. The normalized spacial score (nSPS) is 13.5. The van der Waals surface area contributed by atoms with Crippen molar-refractivity contribution in [3.8, 4) is 0 Å². The van der Waals surface area contributed by atoms with E-state index >= 15 is 0 Å². The number of carbonyl (C=O) groups is 1. The summed E-state index contributed by atoms with van der Waals surface area (Å²) in [6.45, 7) is 5.62. The Balaban J connectivity index is 2.37. The smallest absolute Gasteiger partial charge is 0.385 e. The fraction of sp³-hybridized carbons (Fsp3) is 0.235. The van der Waals surface area contributed by atoms with Gasteiger partial charge in [-0.3, -0.25) is 4.52 Å². The van der Waals surface area contributed by atoms with Crippen LogP contribution in [0, 0.1) is 20.8 Å². The minimum absolute atomic E-state index is 0.355. The van der Waals surface area contributed by atoms with Gasteiger partial charge < -0.3 is 4.52 Å². The van der Waals surface area contributed by atoms with Crippen molar-refractivity contribution in [2.75, 3.05) is 7.11 Å². The van der Waals surface area contributed by atoms with Crippen molar-refractivity contribution in [2.45, 2.75) is 20.8 Å². The lowest BCUT2D eigenvalue weighted by molar-refractivity contribution is 0.0713. The van der Waals surface area contributed by atoms with Crippen molar-refractivity contribution in [1.29, 1.82) is 0 Å². The molecular formula is C17H19O4P. The highest BCUT2D eigenvalue weighted by molar-refractivity contribution is 7.62. The van der Waals surface area contributed by atoms with E-state index in [9.17, 15) is 9.36 Å². The Kier molecular flexibility index (Phi) is 4.84. The molecule has 4 nitrogen and oxygen atoms in total. The Labute approximate surface area is 130 Å². The maximum atomic E-state index is 12.8. The van der Waals surface area contributed by atoms with Gasteiger partial charge >= 0.3 is 13.6 Å². The molecule has 0 aromatic heterocycles. The molecule has 0 aliphatic heterocycles. The van der Waals surface area contributed by atoms with Gasteiger partial charge in [0.25, 0.3) is 0 Å². The van der Waals surface area contributed by atoms with E-state index in [-0.39, 0.29) is 0 Å². The minimum atomic E-state index is -3.68. The summed E-state index contributed by atoms with van der Waals surface area (Å²) >= 11 is 0. The van der Waals surface area contributed by atoms with E-state index in [1.807, 2.05) is 32.9 Å². The molecule has 5 heteroatoms. The summed E-state index contributed by atoms with van der Waals surface area (Å²) in [5, 5.41) is 0.355. The lowest BCUT2D eigenvalue weighted by Crippen LogP contribution is -2.15. The summed E-state index contributed by atoms with van der Waals surface area (Å²) in [5.41, 5.74) is 3.07. The molecule has 0 aliphatic carbocycles. The molecule has 0 aliphatic rings. The number of hydrogen-bond acceptors (Lipinski definition) is 4. The highest BCUT2D eigenvalue weighted by Crippen LogP contribution is 2.47. The zero-order valence-corrected chi connectivity index (χ0v) is 14.0. The molecule has 0 fully saturated rings. The van der Waals surface area contributed by atoms with Gasteiger partial charge in [-0.1, -0.05) is 35.9 Å². The lowest BCUT2D eigenvalue weighted by atomic mass is 10.0. The van der Waals surface area contributed by atoms with Crippen LogP contribution in [0.5, 0.6) is 0 Å². The minimum Gasteiger partial charge on any atom is -0.385 e. The average molecular weight is 318 g/mol. The van der Waals surface area contributed by atoms with E-state index in [1.165, 1.54) is 7.11 Å². The van der Waals surface area contributed by atoms with E-state index in [4.69, 9.17) is 9.05 Å². The quantitative estimate of drug-likeness (QED) is 0.801. The Bertz CT molecular complexity index is 715. The molecule has 1 atom stereocenters. The third kappa shape index (κ3) is 3.29. The van der Waals surface area contributed by atoms with Crippen molar-refractivity contribution < 1.29 is 18.4 Å². The van der Waals surface area contributed by atoms with Crippen LogP contribution in [-0.4, -0.2) is 13.1 Å². The lowest BCUT2D eigenvalue weighted by Gasteiger charge is -2.18. The van der Waals surface area contributed by atoms with Crippen LogP contribution in [0.3, 0.4) is 0 Å². The Morgan fingerprint density at radius 3 is 2.05 bits per heavy atom. The van der Waals surface area contributed by atoms with Crippen LogP contribution in [0.4, 0.5) is 0 Å². The third-order valence-corrected chi connectivity index (χ3v) is 5.21. The standard InChI is InChI=1S/C17H19O4P/c1-12-10-13(2)16(14(3)11-12)17(18)21-22(19,20-4)15-8-6-5-7-9-15/h5-11H,1-4H3. The molecule has 0 spiro atoms. The van der Waals surface area contributed by atoms with Gasteiger partial charge in [0.2, 0.25) is 0 Å². The predicted octanol–water partition coefficient (Wildman–Crippen LogP) is 3.93. The summed E-state index contributed by atoms with van der Waals surface area (Å²) < 4.78 is 23.1. The Hall–Kier alpha value is -1.90. The van der Waals surface area contributed by atoms with E-state index in [0.717, 1.165) is 16.7 Å². The van der Waals surface area contributed by atoms with E-state index in [1.54, 1.807) is 30.3 Å². The van der Waals surface area contributed by atoms with Crippen LogP contribution < -0.4 is 5.30 Å². The molecule has 116 valence electrons. The first-order chi connectivity index (χ1) is 10.4. The number of hydrogen-bond donors (Lipinski definition) is 0. The second-order valence-electron chi connectivity index (χ2n) is 5.17. The average Bonchev–Trinajstić information content (AvgIpc) is 2.46. The van der Waals surface area contributed by atoms with Crippen LogP contribution >= 0.6 is 7.60 Å². The molecule has 0 bridgehead atoms. The first kappa shape index (κ1) is 16.5. The predicted molar refractivity (Wildman–Crippen MR) is 86.8 cm³/mol. The number of benzene rings is 2. The third-order valence-electron chi connectivity index (χ3n) is 3.40. The van der Waals surface area contributed by atoms with E-state index in [2.05, 4.69) is 0 Å². The van der Waals surface area contributed by atoms with Crippen LogP contribution in [0.2, 0.25) is 0 Å². The molecule has 0 saturated heterocycles. The fourth-order valence-electron chi connectivity index (χ4n) is 2.46. The van der Waals surface area contributed by atoms with Gasteiger partial charge in [-0.05, 0) is 44.0 Å². The maximum absolute atomic E-state index is 12.8. The highest BCUT2D eigenvalue weighted by Gasteiger charge is 2.31. The van der Waals surface area contributed by atoms with Gasteiger partial charge in [0.1, 0.15) is 0 Å². The van der Waals surface area contributed by atoms with Crippen molar-refractivity contribution in [1.82, 2.24) is 0 Å². The van der Waals surface area contributed by atoms with E-state index < -0.39 is 13.6 Å².